The fourth-order valence-electron chi connectivity index (χ4n) is 2.83. The number of para-hydroxylation sites is 1. The summed E-state index contributed by atoms with van der Waals surface area (Å²) >= 11 is 0. The molecule has 1 aromatic carbocycles. The van der Waals surface area contributed by atoms with E-state index in [4.69, 9.17) is 5.73 Å². The Labute approximate surface area is 116 Å². The van der Waals surface area contributed by atoms with Crippen molar-refractivity contribution in [3.8, 4) is 0 Å². The third-order valence-electron chi connectivity index (χ3n) is 4.22. The predicted octanol–water partition coefficient (Wildman–Crippen LogP) is 2.32. The van der Waals surface area contributed by atoms with E-state index >= 15 is 0 Å². The molecule has 0 saturated carbocycles. The summed E-state index contributed by atoms with van der Waals surface area (Å²) in [6.07, 6.45) is 4.12. The summed E-state index contributed by atoms with van der Waals surface area (Å²) in [5.41, 5.74) is 7.66. The van der Waals surface area contributed by atoms with Crippen LogP contribution in [-0.4, -0.2) is 29.8 Å². The number of aliphatic hydroxyl groups is 1. The molecule has 1 aromatic rings. The zero-order valence-corrected chi connectivity index (χ0v) is 12.1. The fourth-order valence-corrected chi connectivity index (χ4v) is 2.83. The number of fused-ring (bicyclic) bond motifs is 1. The summed E-state index contributed by atoms with van der Waals surface area (Å²) < 4.78 is 0. The molecule has 2 rings (SSSR count). The number of anilines is 1. The second-order valence-corrected chi connectivity index (χ2v) is 6.01. The molecule has 0 saturated heterocycles. The molecule has 0 aliphatic carbocycles. The van der Waals surface area contributed by atoms with Crippen LogP contribution in [0, 0.1) is 0 Å². The smallest absolute Gasteiger partial charge is 0.0742 e. The zero-order chi connectivity index (χ0) is 13.9. The molecule has 0 spiro atoms. The lowest BCUT2D eigenvalue weighted by Crippen LogP contribution is -2.40. The van der Waals surface area contributed by atoms with Crippen molar-refractivity contribution < 1.29 is 5.11 Å². The second-order valence-electron chi connectivity index (χ2n) is 6.01. The van der Waals surface area contributed by atoms with Crippen LogP contribution in [0.15, 0.2) is 24.3 Å². The average Bonchev–Trinajstić information content (AvgIpc) is 2.41. The van der Waals surface area contributed by atoms with Crippen LogP contribution in [0.3, 0.4) is 0 Å². The molecule has 0 amide bonds. The van der Waals surface area contributed by atoms with Crippen molar-refractivity contribution >= 4 is 5.69 Å². The normalized spacial score (nSPS) is 21.9. The maximum Gasteiger partial charge on any atom is 0.0742 e. The Morgan fingerprint density at radius 1 is 1.42 bits per heavy atom. The second kappa shape index (κ2) is 5.93. The molecule has 1 heterocycles. The van der Waals surface area contributed by atoms with E-state index in [0.29, 0.717) is 12.6 Å². The van der Waals surface area contributed by atoms with E-state index in [1.807, 2.05) is 6.92 Å². The number of rotatable bonds is 5. The van der Waals surface area contributed by atoms with Crippen LogP contribution < -0.4 is 10.6 Å². The van der Waals surface area contributed by atoms with Crippen LogP contribution in [0.2, 0.25) is 0 Å². The Morgan fingerprint density at radius 2 is 2.16 bits per heavy atom. The quantitative estimate of drug-likeness (QED) is 0.856. The average molecular weight is 262 g/mol. The van der Waals surface area contributed by atoms with Gasteiger partial charge in [0.2, 0.25) is 0 Å². The molecule has 0 radical (unpaired) electrons. The Morgan fingerprint density at radius 3 is 2.89 bits per heavy atom. The third-order valence-corrected chi connectivity index (χ3v) is 4.22. The van der Waals surface area contributed by atoms with Gasteiger partial charge in [-0.25, -0.2) is 0 Å². The summed E-state index contributed by atoms with van der Waals surface area (Å²) in [5.74, 6) is 0. The Kier molecular flexibility index (Phi) is 4.48. The van der Waals surface area contributed by atoms with Crippen molar-refractivity contribution in [2.45, 2.75) is 51.2 Å². The first-order chi connectivity index (χ1) is 9.03. The molecule has 3 N–H and O–H groups in total. The van der Waals surface area contributed by atoms with Crippen molar-refractivity contribution in [1.82, 2.24) is 0 Å². The minimum Gasteiger partial charge on any atom is -0.389 e. The van der Waals surface area contributed by atoms with Gasteiger partial charge in [0.1, 0.15) is 0 Å². The lowest BCUT2D eigenvalue weighted by atomic mass is 9.95. The summed E-state index contributed by atoms with van der Waals surface area (Å²) in [7, 11) is 0. The zero-order valence-electron chi connectivity index (χ0n) is 12.1. The molecule has 106 valence electrons. The van der Waals surface area contributed by atoms with E-state index in [0.717, 1.165) is 19.4 Å². The molecule has 2 unspecified atom stereocenters. The van der Waals surface area contributed by atoms with Crippen molar-refractivity contribution in [1.29, 1.82) is 0 Å². The summed E-state index contributed by atoms with van der Waals surface area (Å²) in [6, 6.07) is 9.25. The van der Waals surface area contributed by atoms with Gasteiger partial charge in [0.05, 0.1) is 5.60 Å². The molecule has 2 atom stereocenters. The van der Waals surface area contributed by atoms with Gasteiger partial charge in [-0.3, -0.25) is 0 Å². The van der Waals surface area contributed by atoms with Gasteiger partial charge in [-0.2, -0.15) is 0 Å². The van der Waals surface area contributed by atoms with Crippen LogP contribution in [-0.2, 0) is 6.42 Å². The van der Waals surface area contributed by atoms with Crippen molar-refractivity contribution in [3.63, 3.8) is 0 Å². The Hall–Kier alpha value is -1.06. The first kappa shape index (κ1) is 14.4. The van der Waals surface area contributed by atoms with E-state index in [9.17, 15) is 5.11 Å². The third kappa shape index (κ3) is 3.48. The number of aryl methyl sites for hydroxylation is 1. The van der Waals surface area contributed by atoms with E-state index in [1.54, 1.807) is 0 Å². The topological polar surface area (TPSA) is 49.5 Å². The highest BCUT2D eigenvalue weighted by molar-refractivity contribution is 5.56. The van der Waals surface area contributed by atoms with Crippen molar-refractivity contribution in [3.05, 3.63) is 29.8 Å². The first-order valence-electron chi connectivity index (χ1n) is 7.30. The maximum atomic E-state index is 9.97. The van der Waals surface area contributed by atoms with E-state index in [-0.39, 0.29) is 0 Å². The molecular formula is C16H26N2O. The molecule has 3 nitrogen and oxygen atoms in total. The molecule has 1 aliphatic rings. The van der Waals surface area contributed by atoms with E-state index in [1.165, 1.54) is 24.1 Å². The first-order valence-corrected chi connectivity index (χ1v) is 7.30. The maximum absolute atomic E-state index is 9.97. The van der Waals surface area contributed by atoms with Gasteiger partial charge in [0, 0.05) is 24.8 Å². The Bertz CT molecular complexity index is 417. The summed E-state index contributed by atoms with van der Waals surface area (Å²) in [6.45, 7) is 5.44. The van der Waals surface area contributed by atoms with Gasteiger partial charge in [-0.1, -0.05) is 18.2 Å². The molecule has 0 bridgehead atoms. The van der Waals surface area contributed by atoms with Crippen molar-refractivity contribution in [2.75, 3.05) is 18.0 Å². The highest BCUT2D eigenvalue weighted by atomic mass is 16.3. The lowest BCUT2D eigenvalue weighted by Gasteiger charge is -2.37. The van der Waals surface area contributed by atoms with Gasteiger partial charge < -0.3 is 15.7 Å². The van der Waals surface area contributed by atoms with Crippen LogP contribution in [0.25, 0.3) is 0 Å². The number of hydrogen-bond donors (Lipinski definition) is 2. The van der Waals surface area contributed by atoms with Gasteiger partial charge >= 0.3 is 0 Å². The lowest BCUT2D eigenvalue weighted by molar-refractivity contribution is 0.0582. The van der Waals surface area contributed by atoms with E-state index < -0.39 is 5.60 Å². The highest BCUT2D eigenvalue weighted by Crippen LogP contribution is 2.30. The highest BCUT2D eigenvalue weighted by Gasteiger charge is 2.23. The van der Waals surface area contributed by atoms with Crippen LogP contribution >= 0.6 is 0 Å². The van der Waals surface area contributed by atoms with Gasteiger partial charge in [0.25, 0.3) is 0 Å². The molecular weight excluding hydrogens is 236 g/mol. The van der Waals surface area contributed by atoms with Gasteiger partial charge in [0.15, 0.2) is 0 Å². The molecule has 0 aromatic heterocycles. The van der Waals surface area contributed by atoms with Crippen LogP contribution in [0.1, 0.15) is 38.7 Å². The number of hydrogen-bond acceptors (Lipinski definition) is 3. The minimum absolute atomic E-state index is 0.332. The molecule has 1 aliphatic heterocycles. The Balaban J connectivity index is 2.00. The SMILES string of the molecule is CC1CCc2ccccc2N1CCCC(C)(O)CN. The molecule has 19 heavy (non-hydrogen) atoms. The van der Waals surface area contributed by atoms with Crippen LogP contribution in [0.4, 0.5) is 5.69 Å². The largest absolute Gasteiger partial charge is 0.389 e. The van der Waals surface area contributed by atoms with E-state index in [2.05, 4.69) is 36.1 Å². The number of nitrogens with zero attached hydrogens (tertiary/aromatic N) is 1. The van der Waals surface area contributed by atoms with Gasteiger partial charge in [-0.15, -0.1) is 0 Å². The molecule has 3 heteroatoms. The summed E-state index contributed by atoms with van der Waals surface area (Å²) in [5, 5.41) is 9.97. The number of nitrogens with two attached hydrogens (primary N) is 1. The fraction of sp³-hybridized carbons (Fsp3) is 0.625. The monoisotopic (exact) mass is 262 g/mol. The van der Waals surface area contributed by atoms with Crippen LogP contribution in [0.5, 0.6) is 0 Å². The van der Waals surface area contributed by atoms with Gasteiger partial charge in [-0.05, 0) is 51.2 Å². The number of benzene rings is 1. The summed E-state index contributed by atoms with van der Waals surface area (Å²) in [4.78, 5) is 2.48. The minimum atomic E-state index is -0.724. The molecule has 0 fully saturated rings. The van der Waals surface area contributed by atoms with Crippen molar-refractivity contribution in [2.24, 2.45) is 5.73 Å². The predicted molar refractivity (Wildman–Crippen MR) is 80.5 cm³/mol. The standard InChI is InChI=1S/C16H26N2O/c1-13-8-9-14-6-3-4-7-15(14)18(13)11-5-10-16(2,19)12-17/h3-4,6-7,13,19H,5,8-12,17H2,1-2H3.